The summed E-state index contributed by atoms with van der Waals surface area (Å²) in [5, 5.41) is 9.29. The van der Waals surface area contributed by atoms with Crippen molar-refractivity contribution in [2.45, 2.75) is 27.0 Å². The average Bonchev–Trinajstić information content (AvgIpc) is 2.60. The van der Waals surface area contributed by atoms with E-state index in [1.165, 1.54) is 6.92 Å². The molecular formula is C19H22INO3VY-2. The molecule has 26 heavy (non-hydrogen) atoms. The van der Waals surface area contributed by atoms with Crippen LogP contribution < -0.4 is 4.74 Å². The van der Waals surface area contributed by atoms with Crippen LogP contribution in [0.1, 0.15) is 23.6 Å². The van der Waals surface area contributed by atoms with Crippen molar-refractivity contribution in [1.82, 2.24) is 4.90 Å². The van der Waals surface area contributed by atoms with Gasteiger partial charge < -0.3 is 37.3 Å². The molecule has 0 bridgehead atoms. The van der Waals surface area contributed by atoms with Crippen LogP contribution in [0.15, 0.2) is 36.4 Å². The van der Waals surface area contributed by atoms with Crippen LogP contribution in [0.3, 0.4) is 0 Å². The molecule has 0 fully saturated rings. The minimum Gasteiger partial charge on any atom is -0.516 e. The second kappa shape index (κ2) is 15.1. The number of aryl methyl sites for hydroxylation is 1. The number of carbonyl (C=O) groups excluding carboxylic acids is 1. The minimum absolute atomic E-state index is 0. The SMILES string of the molecule is CC(=O)N(C)Cc1cc(CO)ccc1Oc1c[c-]c(C)cc1.[CH2-]I.[V].[Y]. The van der Waals surface area contributed by atoms with Crippen LogP contribution in [0.25, 0.3) is 0 Å². The molecule has 2 aromatic carbocycles. The summed E-state index contributed by atoms with van der Waals surface area (Å²) in [4.78, 5) is 16.3. The maximum absolute atomic E-state index is 11.4. The number of hydrogen-bond acceptors (Lipinski definition) is 3. The van der Waals surface area contributed by atoms with E-state index in [4.69, 9.17) is 4.74 Å². The third-order valence-electron chi connectivity index (χ3n) is 3.42. The normalized spacial score (nSPS) is 9.00. The maximum atomic E-state index is 11.4. The molecule has 2 aromatic rings. The molecule has 1 N–H and O–H groups in total. The second-order valence-electron chi connectivity index (χ2n) is 5.28. The Labute approximate surface area is 207 Å². The van der Waals surface area contributed by atoms with Gasteiger partial charge in [0, 0.05) is 83.1 Å². The number of ether oxygens (including phenoxy) is 1. The number of aliphatic hydroxyl groups is 1. The summed E-state index contributed by atoms with van der Waals surface area (Å²) in [6.45, 7) is 3.86. The summed E-state index contributed by atoms with van der Waals surface area (Å²) in [5.74, 6) is 1.33. The van der Waals surface area contributed by atoms with Gasteiger partial charge in [0.05, 0.1) is 6.61 Å². The van der Waals surface area contributed by atoms with Gasteiger partial charge in [-0.3, -0.25) is 9.73 Å². The molecule has 0 saturated carbocycles. The topological polar surface area (TPSA) is 49.8 Å². The molecule has 0 aliphatic heterocycles. The van der Waals surface area contributed by atoms with E-state index in [0.717, 1.165) is 16.7 Å². The van der Waals surface area contributed by atoms with Crippen molar-refractivity contribution in [1.29, 1.82) is 0 Å². The van der Waals surface area contributed by atoms with Gasteiger partial charge in [-0.2, -0.15) is 17.7 Å². The predicted octanol–water partition coefficient (Wildman–Crippen LogP) is 4.27. The fourth-order valence-corrected chi connectivity index (χ4v) is 2.00. The van der Waals surface area contributed by atoms with E-state index in [1.54, 1.807) is 18.0 Å². The smallest absolute Gasteiger partial charge is 0.219 e. The van der Waals surface area contributed by atoms with Crippen LogP contribution in [0, 0.1) is 17.9 Å². The second-order valence-corrected chi connectivity index (χ2v) is 5.28. The van der Waals surface area contributed by atoms with E-state index in [-0.39, 0.29) is 63.8 Å². The Hall–Kier alpha value is 0.0883. The molecule has 0 atom stereocenters. The quantitative estimate of drug-likeness (QED) is 0.426. The van der Waals surface area contributed by atoms with E-state index < -0.39 is 0 Å². The summed E-state index contributed by atoms with van der Waals surface area (Å²) in [7, 11) is 1.73. The number of halogens is 1. The zero-order valence-corrected chi connectivity index (χ0v) is 21.6. The predicted molar refractivity (Wildman–Crippen MR) is 104 cm³/mol. The monoisotopic (exact) mass is 579 g/mol. The molecule has 0 unspecified atom stereocenters. The van der Waals surface area contributed by atoms with Gasteiger partial charge in [0.1, 0.15) is 5.75 Å². The van der Waals surface area contributed by atoms with Crippen LogP contribution in [0.5, 0.6) is 11.5 Å². The molecule has 1 amide bonds. The number of hydrogen-bond donors (Lipinski definition) is 1. The van der Waals surface area contributed by atoms with Crippen molar-refractivity contribution >= 4 is 28.5 Å². The first-order chi connectivity index (χ1) is 11.5. The molecule has 0 saturated heterocycles. The summed E-state index contributed by atoms with van der Waals surface area (Å²) in [5.41, 5.74) is 2.68. The van der Waals surface area contributed by atoms with Crippen molar-refractivity contribution in [2.75, 3.05) is 7.05 Å². The molecule has 0 spiro atoms. The Morgan fingerprint density at radius 2 is 1.96 bits per heavy atom. The van der Waals surface area contributed by atoms with E-state index in [0.29, 0.717) is 18.0 Å². The van der Waals surface area contributed by atoms with Gasteiger partial charge in [0.15, 0.2) is 0 Å². The van der Waals surface area contributed by atoms with Crippen molar-refractivity contribution < 1.29 is 65.9 Å². The molecule has 2 radical (unpaired) electrons. The molecule has 0 aliphatic rings. The van der Waals surface area contributed by atoms with E-state index in [9.17, 15) is 9.90 Å². The van der Waals surface area contributed by atoms with Gasteiger partial charge in [-0.25, -0.2) is 0 Å². The van der Waals surface area contributed by atoms with Gasteiger partial charge in [0.2, 0.25) is 5.91 Å². The van der Waals surface area contributed by atoms with Gasteiger partial charge in [-0.15, -0.1) is 12.1 Å². The van der Waals surface area contributed by atoms with Gasteiger partial charge >= 0.3 is 0 Å². The third-order valence-corrected chi connectivity index (χ3v) is 3.42. The summed E-state index contributed by atoms with van der Waals surface area (Å²) in [6.07, 6.45) is 0. The van der Waals surface area contributed by atoms with Crippen LogP contribution >= 0.6 is 22.6 Å². The molecule has 2 rings (SSSR count). The zero-order valence-electron chi connectivity index (χ0n) is 15.2. The molecule has 4 nitrogen and oxygen atoms in total. The first-order valence-electron chi connectivity index (χ1n) is 7.37. The Morgan fingerprint density at radius 1 is 1.31 bits per heavy atom. The van der Waals surface area contributed by atoms with Crippen molar-refractivity contribution in [3.05, 3.63) is 64.1 Å². The van der Waals surface area contributed by atoms with Gasteiger partial charge in [-0.1, -0.05) is 13.0 Å². The molecular weight excluding hydrogens is 557 g/mol. The van der Waals surface area contributed by atoms with Crippen LogP contribution in [0.2, 0.25) is 0 Å². The summed E-state index contributed by atoms with van der Waals surface area (Å²) < 4.78 is 5.89. The number of nitrogens with zero attached hydrogens (tertiary/aromatic N) is 1. The first kappa shape index (κ1) is 28.3. The first-order valence-corrected chi connectivity index (χ1v) is 8.89. The van der Waals surface area contributed by atoms with Crippen molar-refractivity contribution in [2.24, 2.45) is 0 Å². The number of aliphatic hydroxyl groups excluding tert-OH is 1. The Morgan fingerprint density at radius 3 is 2.46 bits per heavy atom. The Balaban J connectivity index is 0. The third kappa shape index (κ3) is 9.34. The Kier molecular flexibility index (Phi) is 16.4. The standard InChI is InChI=1S/C18H20NO3.CH2I.V.Y/c1-13-4-7-17(8-5-13)22-18-9-6-15(12-20)10-16(18)11-19(3)14(2)21;1-2;;/h4,6-10,20H,11-12H2,1-3H3;1H2;;/q2*-1;;. The number of carbonyl (C=O) groups is 1. The number of amides is 1. The van der Waals surface area contributed by atoms with Crippen LogP contribution in [0.4, 0.5) is 0 Å². The number of rotatable bonds is 5. The average molecular weight is 579 g/mol. The van der Waals surface area contributed by atoms with Crippen LogP contribution in [-0.2, 0) is 69.2 Å². The van der Waals surface area contributed by atoms with E-state index in [1.807, 2.05) is 59.8 Å². The van der Waals surface area contributed by atoms with E-state index in [2.05, 4.69) is 11.0 Å². The fraction of sp³-hybridized carbons (Fsp3) is 0.263. The summed E-state index contributed by atoms with van der Waals surface area (Å²) in [6, 6.07) is 14.2. The molecule has 0 heterocycles. The Bertz CT molecular complexity index is 668. The van der Waals surface area contributed by atoms with Crippen LogP contribution in [-0.4, -0.2) is 23.0 Å². The molecule has 0 aromatic heterocycles. The zero-order chi connectivity index (χ0) is 18.1. The molecule has 7 heteroatoms. The molecule has 0 aliphatic carbocycles. The summed E-state index contributed by atoms with van der Waals surface area (Å²) >= 11 is 1.90. The van der Waals surface area contributed by atoms with Crippen molar-refractivity contribution in [3.8, 4) is 11.5 Å². The van der Waals surface area contributed by atoms with E-state index >= 15 is 0 Å². The number of benzene rings is 2. The maximum Gasteiger partial charge on any atom is 0.219 e. The largest absolute Gasteiger partial charge is 0.516 e. The fourth-order valence-electron chi connectivity index (χ4n) is 2.00. The van der Waals surface area contributed by atoms with Crippen molar-refractivity contribution in [3.63, 3.8) is 0 Å². The minimum atomic E-state index is -0.0463. The van der Waals surface area contributed by atoms with Gasteiger partial charge in [0.25, 0.3) is 0 Å². The molecule has 138 valence electrons. The van der Waals surface area contributed by atoms with Gasteiger partial charge in [-0.05, 0) is 17.7 Å².